The highest BCUT2D eigenvalue weighted by atomic mass is 35.5. The molecule has 1 heterocycles. The number of ether oxygens (including phenoxy) is 2. The summed E-state index contributed by atoms with van der Waals surface area (Å²) in [7, 11) is 0. The first-order chi connectivity index (χ1) is 8.25. The van der Waals surface area contributed by atoms with Crippen LogP contribution in [0.3, 0.4) is 0 Å². The van der Waals surface area contributed by atoms with E-state index in [0.717, 1.165) is 26.1 Å². The Morgan fingerprint density at radius 1 is 1.41 bits per heavy atom. The second-order valence-electron chi connectivity index (χ2n) is 4.06. The van der Waals surface area contributed by atoms with Crippen LogP contribution in [0.2, 0.25) is 5.02 Å². The van der Waals surface area contributed by atoms with Crippen molar-refractivity contribution in [3.63, 3.8) is 0 Å². The van der Waals surface area contributed by atoms with Gasteiger partial charge >= 0.3 is 0 Å². The summed E-state index contributed by atoms with van der Waals surface area (Å²) in [6.07, 6.45) is 1.87. The smallest absolute Gasteiger partial charge is 0.188 e. The summed E-state index contributed by atoms with van der Waals surface area (Å²) in [6.45, 7) is 1.55. The highest BCUT2D eigenvalue weighted by molar-refractivity contribution is 6.31. The van der Waals surface area contributed by atoms with E-state index in [2.05, 4.69) is 0 Å². The number of carbonyl (C=O) groups excluding carboxylic acids is 1. The SMILES string of the molecule is O=C(COC1CCOCC1)c1cccc(Cl)c1. The second kappa shape index (κ2) is 6.15. The number of carbonyl (C=O) groups is 1. The van der Waals surface area contributed by atoms with Crippen LogP contribution >= 0.6 is 11.6 Å². The maximum atomic E-state index is 11.8. The van der Waals surface area contributed by atoms with Crippen molar-refractivity contribution in [2.45, 2.75) is 18.9 Å². The molecule has 1 fully saturated rings. The molecule has 92 valence electrons. The molecule has 0 bridgehead atoms. The fraction of sp³-hybridized carbons (Fsp3) is 0.462. The van der Waals surface area contributed by atoms with E-state index in [1.54, 1.807) is 24.3 Å². The van der Waals surface area contributed by atoms with Gasteiger partial charge in [0.15, 0.2) is 5.78 Å². The molecule has 4 heteroatoms. The van der Waals surface area contributed by atoms with E-state index in [4.69, 9.17) is 21.1 Å². The van der Waals surface area contributed by atoms with E-state index in [1.807, 2.05) is 0 Å². The van der Waals surface area contributed by atoms with Gasteiger partial charge in [0.25, 0.3) is 0 Å². The minimum Gasteiger partial charge on any atom is -0.381 e. The fourth-order valence-electron chi connectivity index (χ4n) is 1.78. The van der Waals surface area contributed by atoms with Crippen molar-refractivity contribution in [2.75, 3.05) is 19.8 Å². The molecular formula is C13H15ClO3. The van der Waals surface area contributed by atoms with Gasteiger partial charge in [0, 0.05) is 23.8 Å². The first-order valence-corrected chi connectivity index (χ1v) is 6.11. The van der Waals surface area contributed by atoms with E-state index >= 15 is 0 Å². The molecule has 0 unspecified atom stereocenters. The van der Waals surface area contributed by atoms with Crippen molar-refractivity contribution >= 4 is 17.4 Å². The highest BCUT2D eigenvalue weighted by Gasteiger charge is 2.16. The molecule has 0 aromatic heterocycles. The molecule has 3 nitrogen and oxygen atoms in total. The van der Waals surface area contributed by atoms with E-state index < -0.39 is 0 Å². The molecule has 1 aliphatic rings. The minimum absolute atomic E-state index is 0.0287. The Kier molecular flexibility index (Phi) is 4.54. The van der Waals surface area contributed by atoms with Crippen LogP contribution in [0.5, 0.6) is 0 Å². The zero-order valence-electron chi connectivity index (χ0n) is 9.52. The number of Topliss-reactive ketones (excluding diaryl/α,β-unsaturated/α-hetero) is 1. The van der Waals surface area contributed by atoms with Crippen LogP contribution in [0.1, 0.15) is 23.2 Å². The molecule has 1 aliphatic heterocycles. The number of rotatable bonds is 4. The first-order valence-electron chi connectivity index (χ1n) is 5.74. The third-order valence-electron chi connectivity index (χ3n) is 2.77. The molecular weight excluding hydrogens is 240 g/mol. The average Bonchev–Trinajstić information content (AvgIpc) is 2.37. The molecule has 2 rings (SSSR count). The molecule has 1 aromatic carbocycles. The van der Waals surface area contributed by atoms with Gasteiger partial charge in [0.2, 0.25) is 0 Å². The van der Waals surface area contributed by atoms with E-state index in [-0.39, 0.29) is 18.5 Å². The van der Waals surface area contributed by atoms with Crippen LogP contribution in [0.15, 0.2) is 24.3 Å². The normalized spacial score (nSPS) is 17.0. The highest BCUT2D eigenvalue weighted by Crippen LogP contribution is 2.14. The van der Waals surface area contributed by atoms with E-state index in [9.17, 15) is 4.79 Å². The molecule has 1 aromatic rings. The lowest BCUT2D eigenvalue weighted by Crippen LogP contribution is -2.25. The van der Waals surface area contributed by atoms with Crippen molar-refractivity contribution in [3.05, 3.63) is 34.9 Å². The van der Waals surface area contributed by atoms with Crippen molar-refractivity contribution in [1.82, 2.24) is 0 Å². The maximum absolute atomic E-state index is 11.8. The predicted molar refractivity (Wildman–Crippen MR) is 65.6 cm³/mol. The number of ketones is 1. The van der Waals surface area contributed by atoms with Gasteiger partial charge in [0.05, 0.1) is 6.10 Å². The van der Waals surface area contributed by atoms with Crippen LogP contribution in [-0.2, 0) is 9.47 Å². The molecule has 17 heavy (non-hydrogen) atoms. The van der Waals surface area contributed by atoms with Crippen molar-refractivity contribution in [1.29, 1.82) is 0 Å². The van der Waals surface area contributed by atoms with Gasteiger partial charge in [-0.2, -0.15) is 0 Å². The van der Waals surface area contributed by atoms with Crippen LogP contribution in [0.4, 0.5) is 0 Å². The lowest BCUT2D eigenvalue weighted by atomic mass is 10.1. The average molecular weight is 255 g/mol. The van der Waals surface area contributed by atoms with Crippen LogP contribution in [0, 0.1) is 0 Å². The van der Waals surface area contributed by atoms with Gasteiger partial charge in [-0.1, -0.05) is 23.7 Å². The van der Waals surface area contributed by atoms with Crippen molar-refractivity contribution in [2.24, 2.45) is 0 Å². The molecule has 0 atom stereocenters. The van der Waals surface area contributed by atoms with Crippen LogP contribution in [-0.4, -0.2) is 31.7 Å². The molecule has 0 radical (unpaired) electrons. The molecule has 0 spiro atoms. The number of hydrogen-bond donors (Lipinski definition) is 0. The summed E-state index contributed by atoms with van der Waals surface area (Å²) in [5, 5.41) is 0.571. The first kappa shape index (κ1) is 12.6. The second-order valence-corrected chi connectivity index (χ2v) is 4.49. The summed E-state index contributed by atoms with van der Waals surface area (Å²) in [5.41, 5.74) is 0.601. The van der Waals surface area contributed by atoms with E-state index in [0.29, 0.717) is 10.6 Å². The summed E-state index contributed by atoms with van der Waals surface area (Å²) in [5.74, 6) is -0.0287. The zero-order valence-corrected chi connectivity index (χ0v) is 10.3. The van der Waals surface area contributed by atoms with Gasteiger partial charge in [-0.05, 0) is 25.0 Å². The molecule has 0 N–H and O–H groups in total. The Bertz CT molecular complexity index is 386. The van der Waals surface area contributed by atoms with Gasteiger partial charge in [-0.3, -0.25) is 4.79 Å². The third-order valence-corrected chi connectivity index (χ3v) is 3.00. The fourth-order valence-corrected chi connectivity index (χ4v) is 1.97. The number of halogens is 1. The van der Waals surface area contributed by atoms with Crippen molar-refractivity contribution < 1.29 is 14.3 Å². The van der Waals surface area contributed by atoms with Crippen molar-refractivity contribution in [3.8, 4) is 0 Å². The number of hydrogen-bond acceptors (Lipinski definition) is 3. The lowest BCUT2D eigenvalue weighted by molar-refractivity contribution is -0.0262. The molecule has 0 saturated carbocycles. The predicted octanol–water partition coefficient (Wildman–Crippen LogP) is 2.72. The van der Waals surface area contributed by atoms with Gasteiger partial charge in [0.1, 0.15) is 6.61 Å². The topological polar surface area (TPSA) is 35.5 Å². The molecule has 1 saturated heterocycles. The standard InChI is InChI=1S/C13H15ClO3/c14-11-3-1-2-10(8-11)13(15)9-17-12-4-6-16-7-5-12/h1-3,8,12H,4-7,9H2. The monoisotopic (exact) mass is 254 g/mol. The lowest BCUT2D eigenvalue weighted by Gasteiger charge is -2.21. The molecule has 0 amide bonds. The summed E-state index contributed by atoms with van der Waals surface area (Å²) in [6, 6.07) is 6.93. The minimum atomic E-state index is -0.0287. The third kappa shape index (κ3) is 3.80. The largest absolute Gasteiger partial charge is 0.381 e. The Labute approximate surface area is 106 Å². The summed E-state index contributed by atoms with van der Waals surface area (Å²) < 4.78 is 10.8. The van der Waals surface area contributed by atoms with E-state index in [1.165, 1.54) is 0 Å². The Morgan fingerprint density at radius 3 is 2.88 bits per heavy atom. The van der Waals surface area contributed by atoms with Gasteiger partial charge in [-0.15, -0.1) is 0 Å². The van der Waals surface area contributed by atoms with Gasteiger partial charge in [-0.25, -0.2) is 0 Å². The molecule has 0 aliphatic carbocycles. The maximum Gasteiger partial charge on any atom is 0.188 e. The van der Waals surface area contributed by atoms with Crippen LogP contribution < -0.4 is 0 Å². The zero-order chi connectivity index (χ0) is 12.1. The Hall–Kier alpha value is -0.900. The summed E-state index contributed by atoms with van der Waals surface area (Å²) >= 11 is 5.83. The Balaban J connectivity index is 1.84. The Morgan fingerprint density at radius 2 is 2.18 bits per heavy atom. The summed E-state index contributed by atoms with van der Waals surface area (Å²) in [4.78, 5) is 11.8. The number of benzene rings is 1. The quantitative estimate of drug-likeness (QED) is 0.775. The van der Waals surface area contributed by atoms with Gasteiger partial charge < -0.3 is 9.47 Å². The van der Waals surface area contributed by atoms with Crippen LogP contribution in [0.25, 0.3) is 0 Å².